The van der Waals surface area contributed by atoms with Crippen molar-refractivity contribution in [3.05, 3.63) is 18.0 Å². The maximum Gasteiger partial charge on any atom is 0.225 e. The van der Waals surface area contributed by atoms with Crippen LogP contribution in [0, 0.1) is 18.8 Å². The number of ether oxygens (including phenoxy) is 1. The Balaban J connectivity index is 1.32. The first-order valence-electron chi connectivity index (χ1n) is 10.3. The van der Waals surface area contributed by atoms with E-state index in [-0.39, 0.29) is 0 Å². The molecule has 2 aliphatic rings. The molecule has 2 fully saturated rings. The van der Waals surface area contributed by atoms with Crippen LogP contribution < -0.4 is 4.90 Å². The SMILES string of the molecule is Cc1cnc(N2CCC(COCC3CCN(C(C)(C)C)CC3)CC2)nc1. The number of anilines is 1. The normalized spacial score (nSPS) is 21.3. The molecule has 0 amide bonds. The van der Waals surface area contributed by atoms with E-state index < -0.39 is 0 Å². The summed E-state index contributed by atoms with van der Waals surface area (Å²) in [5, 5.41) is 0. The summed E-state index contributed by atoms with van der Waals surface area (Å²) >= 11 is 0. The first kappa shape index (κ1) is 19.6. The van der Waals surface area contributed by atoms with Gasteiger partial charge in [0.15, 0.2) is 0 Å². The van der Waals surface area contributed by atoms with E-state index in [0.717, 1.165) is 43.7 Å². The number of likely N-dealkylation sites (tertiary alicyclic amines) is 1. The van der Waals surface area contributed by atoms with Gasteiger partial charge in [0.2, 0.25) is 5.95 Å². The Labute approximate surface area is 159 Å². The van der Waals surface area contributed by atoms with Gasteiger partial charge in [0.05, 0.1) is 0 Å². The minimum Gasteiger partial charge on any atom is -0.381 e. The molecule has 1 aromatic heterocycles. The topological polar surface area (TPSA) is 41.5 Å². The van der Waals surface area contributed by atoms with Gasteiger partial charge >= 0.3 is 0 Å². The van der Waals surface area contributed by atoms with Crippen LogP contribution in [0.15, 0.2) is 12.4 Å². The van der Waals surface area contributed by atoms with E-state index in [4.69, 9.17) is 4.74 Å². The summed E-state index contributed by atoms with van der Waals surface area (Å²) in [4.78, 5) is 13.8. The van der Waals surface area contributed by atoms with Crippen LogP contribution in [0.25, 0.3) is 0 Å². The highest BCUT2D eigenvalue weighted by Gasteiger charge is 2.27. The molecule has 0 N–H and O–H groups in total. The van der Waals surface area contributed by atoms with Gasteiger partial charge in [-0.1, -0.05) is 0 Å². The molecule has 0 spiro atoms. The quantitative estimate of drug-likeness (QED) is 0.803. The monoisotopic (exact) mass is 360 g/mol. The van der Waals surface area contributed by atoms with Crippen LogP contribution in [0.4, 0.5) is 5.95 Å². The van der Waals surface area contributed by atoms with Gasteiger partial charge in [-0.2, -0.15) is 0 Å². The molecule has 0 unspecified atom stereocenters. The van der Waals surface area contributed by atoms with Crippen molar-refractivity contribution in [1.82, 2.24) is 14.9 Å². The van der Waals surface area contributed by atoms with Gasteiger partial charge in [-0.05, 0) is 83.9 Å². The number of aryl methyl sites for hydroxylation is 1. The molecule has 0 aromatic carbocycles. The molecule has 2 aliphatic heterocycles. The van der Waals surface area contributed by atoms with Crippen molar-refractivity contribution >= 4 is 5.95 Å². The van der Waals surface area contributed by atoms with Gasteiger partial charge in [0.25, 0.3) is 0 Å². The van der Waals surface area contributed by atoms with E-state index >= 15 is 0 Å². The van der Waals surface area contributed by atoms with Crippen molar-refractivity contribution in [3.63, 3.8) is 0 Å². The summed E-state index contributed by atoms with van der Waals surface area (Å²) in [5.41, 5.74) is 1.42. The summed E-state index contributed by atoms with van der Waals surface area (Å²) in [5.74, 6) is 2.31. The molecule has 5 nitrogen and oxygen atoms in total. The maximum atomic E-state index is 6.12. The van der Waals surface area contributed by atoms with Gasteiger partial charge in [0, 0.05) is 44.2 Å². The van der Waals surface area contributed by atoms with Crippen molar-refractivity contribution < 1.29 is 4.74 Å². The zero-order chi connectivity index (χ0) is 18.6. The lowest BCUT2D eigenvalue weighted by molar-refractivity contribution is 0.0245. The summed E-state index contributed by atoms with van der Waals surface area (Å²) in [6.07, 6.45) is 8.73. The van der Waals surface area contributed by atoms with Crippen molar-refractivity contribution in [3.8, 4) is 0 Å². The first-order valence-corrected chi connectivity index (χ1v) is 10.3. The third-order valence-corrected chi connectivity index (χ3v) is 5.94. The highest BCUT2D eigenvalue weighted by molar-refractivity contribution is 5.30. The Hall–Kier alpha value is -1.20. The number of hydrogen-bond donors (Lipinski definition) is 0. The van der Waals surface area contributed by atoms with E-state index in [1.807, 2.05) is 19.3 Å². The number of hydrogen-bond acceptors (Lipinski definition) is 5. The average molecular weight is 361 g/mol. The zero-order valence-corrected chi connectivity index (χ0v) is 17.1. The van der Waals surface area contributed by atoms with Crippen LogP contribution in [-0.4, -0.2) is 59.8 Å². The summed E-state index contributed by atoms with van der Waals surface area (Å²) < 4.78 is 6.12. The van der Waals surface area contributed by atoms with Crippen molar-refractivity contribution in [1.29, 1.82) is 0 Å². The molecule has 0 radical (unpaired) electrons. The molecule has 146 valence electrons. The highest BCUT2D eigenvalue weighted by atomic mass is 16.5. The fraction of sp³-hybridized carbons (Fsp3) is 0.810. The second-order valence-electron chi connectivity index (χ2n) is 9.13. The summed E-state index contributed by atoms with van der Waals surface area (Å²) in [7, 11) is 0. The molecule has 0 atom stereocenters. The maximum absolute atomic E-state index is 6.12. The van der Waals surface area contributed by atoms with Crippen LogP contribution in [0.5, 0.6) is 0 Å². The number of aromatic nitrogens is 2. The predicted octanol–water partition coefficient (Wildman–Crippen LogP) is 3.53. The lowest BCUT2D eigenvalue weighted by Gasteiger charge is -2.41. The molecule has 2 saturated heterocycles. The van der Waals surface area contributed by atoms with Crippen LogP contribution in [0.2, 0.25) is 0 Å². The van der Waals surface area contributed by atoms with Crippen molar-refractivity contribution in [2.75, 3.05) is 44.3 Å². The molecule has 1 aromatic rings. The van der Waals surface area contributed by atoms with Gasteiger partial charge in [-0.3, -0.25) is 4.90 Å². The Morgan fingerprint density at radius 2 is 1.42 bits per heavy atom. The average Bonchev–Trinajstić information content (AvgIpc) is 2.63. The van der Waals surface area contributed by atoms with Crippen LogP contribution in [0.3, 0.4) is 0 Å². The molecule has 0 aliphatic carbocycles. The summed E-state index contributed by atoms with van der Waals surface area (Å²) in [6.45, 7) is 15.4. The largest absolute Gasteiger partial charge is 0.381 e. The molecule has 3 heterocycles. The Morgan fingerprint density at radius 3 is 1.92 bits per heavy atom. The minimum absolute atomic E-state index is 0.307. The molecular formula is C21H36N4O. The Kier molecular flexibility index (Phi) is 6.51. The second-order valence-corrected chi connectivity index (χ2v) is 9.13. The number of nitrogens with zero attached hydrogens (tertiary/aromatic N) is 4. The second kappa shape index (κ2) is 8.66. The Morgan fingerprint density at radius 1 is 0.923 bits per heavy atom. The third-order valence-electron chi connectivity index (χ3n) is 5.94. The minimum atomic E-state index is 0.307. The lowest BCUT2D eigenvalue weighted by atomic mass is 9.93. The molecule has 3 rings (SSSR count). The van der Waals surface area contributed by atoms with Gasteiger partial charge < -0.3 is 9.64 Å². The molecule has 0 bridgehead atoms. The lowest BCUT2D eigenvalue weighted by Crippen LogP contribution is -2.46. The van der Waals surface area contributed by atoms with Crippen LogP contribution >= 0.6 is 0 Å². The zero-order valence-electron chi connectivity index (χ0n) is 17.1. The molecule has 26 heavy (non-hydrogen) atoms. The third kappa shape index (κ3) is 5.40. The van der Waals surface area contributed by atoms with Gasteiger partial charge in [-0.25, -0.2) is 9.97 Å². The fourth-order valence-electron chi connectivity index (χ4n) is 4.02. The van der Waals surface area contributed by atoms with Crippen molar-refractivity contribution in [2.24, 2.45) is 11.8 Å². The predicted molar refractivity (Wildman–Crippen MR) is 107 cm³/mol. The standard InChI is InChI=1S/C21H36N4O/c1-17-13-22-20(23-14-17)24-9-5-18(6-10-24)15-26-16-19-7-11-25(12-8-19)21(2,3)4/h13-14,18-19H,5-12,15-16H2,1-4H3. The van der Waals surface area contributed by atoms with Gasteiger partial charge in [-0.15, -0.1) is 0 Å². The number of rotatable bonds is 5. The number of piperidine rings is 2. The smallest absolute Gasteiger partial charge is 0.225 e. The van der Waals surface area contributed by atoms with E-state index in [0.29, 0.717) is 11.5 Å². The summed E-state index contributed by atoms with van der Waals surface area (Å²) in [6, 6.07) is 0. The van der Waals surface area contributed by atoms with E-state index in [2.05, 4.69) is 40.5 Å². The van der Waals surface area contributed by atoms with Gasteiger partial charge in [0.1, 0.15) is 0 Å². The Bertz CT molecular complexity index is 538. The van der Waals surface area contributed by atoms with E-state index in [1.54, 1.807) is 0 Å². The van der Waals surface area contributed by atoms with E-state index in [9.17, 15) is 0 Å². The van der Waals surface area contributed by atoms with Crippen LogP contribution in [0.1, 0.15) is 52.0 Å². The highest BCUT2D eigenvalue weighted by Crippen LogP contribution is 2.25. The van der Waals surface area contributed by atoms with Crippen LogP contribution in [-0.2, 0) is 4.74 Å². The molecule has 0 saturated carbocycles. The van der Waals surface area contributed by atoms with Crippen molar-refractivity contribution in [2.45, 2.75) is 58.9 Å². The van der Waals surface area contributed by atoms with E-state index in [1.165, 1.54) is 38.8 Å². The fourth-order valence-corrected chi connectivity index (χ4v) is 4.02. The molecular weight excluding hydrogens is 324 g/mol. The first-order chi connectivity index (χ1) is 12.4. The molecule has 5 heteroatoms.